The molecule has 18 heavy (non-hydrogen) atoms. The van der Waals surface area contributed by atoms with Crippen molar-refractivity contribution in [2.75, 3.05) is 12.9 Å². The Bertz CT molecular complexity index is 632. The summed E-state index contributed by atoms with van der Waals surface area (Å²) in [7, 11) is -3.31. The van der Waals surface area contributed by atoms with Crippen molar-refractivity contribution < 1.29 is 12.6 Å². The SMILES string of the molecule is CS(=O)(=O)OCCCc1ccc2ccccc2c1. The van der Waals surface area contributed by atoms with E-state index in [1.54, 1.807) is 0 Å². The molecule has 0 aliphatic rings. The van der Waals surface area contributed by atoms with Gasteiger partial charge < -0.3 is 0 Å². The molecule has 0 heterocycles. The standard InChI is InChI=1S/C14H16O3S/c1-18(15,16)17-10-4-5-12-8-9-13-6-2-3-7-14(13)11-12/h2-3,6-9,11H,4-5,10H2,1H3. The van der Waals surface area contributed by atoms with Gasteiger partial charge in [0.1, 0.15) is 0 Å². The first-order valence-corrected chi connectivity index (χ1v) is 7.68. The fourth-order valence-electron chi connectivity index (χ4n) is 1.88. The average molecular weight is 264 g/mol. The molecule has 2 aromatic rings. The maximum atomic E-state index is 10.8. The quantitative estimate of drug-likeness (QED) is 0.616. The lowest BCUT2D eigenvalue weighted by Gasteiger charge is -2.04. The van der Waals surface area contributed by atoms with Crippen LogP contribution in [0, 0.1) is 0 Å². The third kappa shape index (κ3) is 3.82. The van der Waals surface area contributed by atoms with Gasteiger partial charge in [-0.1, -0.05) is 42.5 Å². The molecular weight excluding hydrogens is 248 g/mol. The molecule has 0 unspecified atom stereocenters. The van der Waals surface area contributed by atoms with Crippen LogP contribution >= 0.6 is 0 Å². The normalized spacial score (nSPS) is 11.8. The van der Waals surface area contributed by atoms with Gasteiger partial charge in [-0.05, 0) is 29.2 Å². The summed E-state index contributed by atoms with van der Waals surface area (Å²) in [6.45, 7) is 0.242. The fraction of sp³-hybridized carbons (Fsp3) is 0.286. The van der Waals surface area contributed by atoms with Gasteiger partial charge in [0.2, 0.25) is 0 Å². The van der Waals surface area contributed by atoms with E-state index in [-0.39, 0.29) is 6.61 Å². The van der Waals surface area contributed by atoms with Crippen molar-refractivity contribution in [1.82, 2.24) is 0 Å². The summed E-state index contributed by atoms with van der Waals surface area (Å²) >= 11 is 0. The molecule has 0 aliphatic carbocycles. The summed E-state index contributed by atoms with van der Waals surface area (Å²) in [6, 6.07) is 14.5. The third-order valence-corrected chi connectivity index (χ3v) is 3.32. The Morgan fingerprint density at radius 1 is 1.06 bits per heavy atom. The Morgan fingerprint density at radius 3 is 2.50 bits per heavy atom. The lowest BCUT2D eigenvalue weighted by atomic mass is 10.0. The van der Waals surface area contributed by atoms with Gasteiger partial charge in [0, 0.05) is 0 Å². The Kier molecular flexibility index (Phi) is 3.99. The maximum Gasteiger partial charge on any atom is 0.264 e. The Hall–Kier alpha value is -1.39. The second kappa shape index (κ2) is 5.50. The summed E-state index contributed by atoms with van der Waals surface area (Å²) in [5, 5.41) is 2.42. The van der Waals surface area contributed by atoms with Crippen molar-refractivity contribution in [3.05, 3.63) is 48.0 Å². The zero-order valence-corrected chi connectivity index (χ0v) is 11.1. The van der Waals surface area contributed by atoms with Crippen molar-refractivity contribution in [2.45, 2.75) is 12.8 Å². The predicted octanol–water partition coefficient (Wildman–Crippen LogP) is 2.75. The smallest absolute Gasteiger partial charge is 0.264 e. The number of hydrogen-bond donors (Lipinski definition) is 0. The molecule has 0 amide bonds. The molecule has 0 spiro atoms. The van der Waals surface area contributed by atoms with E-state index in [1.165, 1.54) is 16.3 Å². The maximum absolute atomic E-state index is 10.8. The van der Waals surface area contributed by atoms with Crippen LogP contribution in [0.25, 0.3) is 10.8 Å². The highest BCUT2D eigenvalue weighted by molar-refractivity contribution is 7.85. The molecule has 0 fully saturated rings. The van der Waals surface area contributed by atoms with Crippen molar-refractivity contribution in [3.63, 3.8) is 0 Å². The van der Waals surface area contributed by atoms with Crippen LogP contribution in [0.4, 0.5) is 0 Å². The number of rotatable bonds is 5. The van der Waals surface area contributed by atoms with Gasteiger partial charge in [0.05, 0.1) is 12.9 Å². The van der Waals surface area contributed by atoms with Crippen LogP contribution in [0.15, 0.2) is 42.5 Å². The lowest BCUT2D eigenvalue weighted by Crippen LogP contribution is -2.04. The number of hydrogen-bond acceptors (Lipinski definition) is 3. The summed E-state index contributed by atoms with van der Waals surface area (Å²) in [5.41, 5.74) is 1.20. The predicted molar refractivity (Wildman–Crippen MR) is 73.1 cm³/mol. The van der Waals surface area contributed by atoms with Crippen LogP contribution in [-0.4, -0.2) is 21.3 Å². The first-order chi connectivity index (χ1) is 8.54. The highest BCUT2D eigenvalue weighted by atomic mass is 32.2. The van der Waals surface area contributed by atoms with Crippen LogP contribution in [0.2, 0.25) is 0 Å². The molecule has 0 atom stereocenters. The van der Waals surface area contributed by atoms with Gasteiger partial charge in [0.15, 0.2) is 0 Å². The fourth-order valence-corrected chi connectivity index (χ4v) is 2.30. The summed E-state index contributed by atoms with van der Waals surface area (Å²) in [4.78, 5) is 0. The second-order valence-corrected chi connectivity index (χ2v) is 5.96. The molecule has 0 aromatic heterocycles. The van der Waals surface area contributed by atoms with Gasteiger partial charge in [-0.15, -0.1) is 0 Å². The second-order valence-electron chi connectivity index (χ2n) is 4.31. The van der Waals surface area contributed by atoms with Crippen molar-refractivity contribution in [3.8, 4) is 0 Å². The van der Waals surface area contributed by atoms with Crippen molar-refractivity contribution in [2.24, 2.45) is 0 Å². The molecule has 0 bridgehead atoms. The number of benzene rings is 2. The lowest BCUT2D eigenvalue weighted by molar-refractivity contribution is 0.316. The molecule has 3 nitrogen and oxygen atoms in total. The van der Waals surface area contributed by atoms with Gasteiger partial charge in [-0.25, -0.2) is 0 Å². The van der Waals surface area contributed by atoms with E-state index in [4.69, 9.17) is 4.18 Å². The number of aryl methyl sites for hydroxylation is 1. The highest BCUT2D eigenvalue weighted by Gasteiger charge is 2.01. The van der Waals surface area contributed by atoms with E-state index in [0.717, 1.165) is 12.7 Å². The van der Waals surface area contributed by atoms with Gasteiger partial charge in [-0.2, -0.15) is 8.42 Å². The molecule has 0 N–H and O–H groups in total. The Morgan fingerprint density at radius 2 is 1.78 bits per heavy atom. The zero-order valence-electron chi connectivity index (χ0n) is 10.3. The monoisotopic (exact) mass is 264 g/mol. The Balaban J connectivity index is 1.96. The van der Waals surface area contributed by atoms with Crippen LogP contribution in [0.1, 0.15) is 12.0 Å². The minimum Gasteiger partial charge on any atom is -0.270 e. The minimum absolute atomic E-state index is 0.242. The van der Waals surface area contributed by atoms with E-state index in [2.05, 4.69) is 30.3 Å². The van der Waals surface area contributed by atoms with Gasteiger partial charge in [0.25, 0.3) is 10.1 Å². The molecule has 0 saturated heterocycles. The van der Waals surface area contributed by atoms with Crippen LogP contribution < -0.4 is 0 Å². The van der Waals surface area contributed by atoms with Crippen molar-refractivity contribution >= 4 is 20.9 Å². The molecule has 2 aromatic carbocycles. The summed E-state index contributed by atoms with van der Waals surface area (Å²) < 4.78 is 26.3. The molecule has 96 valence electrons. The van der Waals surface area contributed by atoms with E-state index in [9.17, 15) is 8.42 Å². The number of fused-ring (bicyclic) bond motifs is 1. The van der Waals surface area contributed by atoms with Crippen LogP contribution in [0.5, 0.6) is 0 Å². The highest BCUT2D eigenvalue weighted by Crippen LogP contribution is 2.16. The molecule has 2 rings (SSSR count). The van der Waals surface area contributed by atoms with Crippen LogP contribution in [-0.2, 0) is 20.7 Å². The molecule has 4 heteroatoms. The summed E-state index contributed by atoms with van der Waals surface area (Å²) in [6.07, 6.45) is 2.59. The zero-order chi connectivity index (χ0) is 13.0. The Labute approximate surface area is 108 Å². The minimum atomic E-state index is -3.31. The third-order valence-electron chi connectivity index (χ3n) is 2.72. The van der Waals surface area contributed by atoms with E-state index < -0.39 is 10.1 Å². The van der Waals surface area contributed by atoms with E-state index in [0.29, 0.717) is 6.42 Å². The van der Waals surface area contributed by atoms with E-state index >= 15 is 0 Å². The van der Waals surface area contributed by atoms with Crippen LogP contribution in [0.3, 0.4) is 0 Å². The van der Waals surface area contributed by atoms with Gasteiger partial charge in [-0.3, -0.25) is 4.18 Å². The first-order valence-electron chi connectivity index (χ1n) is 5.87. The topological polar surface area (TPSA) is 43.4 Å². The average Bonchev–Trinajstić information content (AvgIpc) is 2.33. The molecule has 0 radical (unpaired) electrons. The molecule has 0 aliphatic heterocycles. The molecular formula is C14H16O3S. The largest absolute Gasteiger partial charge is 0.270 e. The van der Waals surface area contributed by atoms with Crippen molar-refractivity contribution in [1.29, 1.82) is 0 Å². The first kappa shape index (κ1) is 13.1. The summed E-state index contributed by atoms with van der Waals surface area (Å²) in [5.74, 6) is 0. The van der Waals surface area contributed by atoms with Gasteiger partial charge >= 0.3 is 0 Å². The van der Waals surface area contributed by atoms with E-state index in [1.807, 2.05) is 12.1 Å². The molecule has 0 saturated carbocycles.